The third kappa shape index (κ3) is 4.84. The molecule has 2 amide bonds. The predicted molar refractivity (Wildman–Crippen MR) is 98.8 cm³/mol. The summed E-state index contributed by atoms with van der Waals surface area (Å²) in [7, 11) is 2.05. The second-order valence-electron chi connectivity index (χ2n) is 7.62. The van der Waals surface area contributed by atoms with Gasteiger partial charge in [0.1, 0.15) is 0 Å². The Balaban J connectivity index is 1.54. The van der Waals surface area contributed by atoms with Crippen LogP contribution in [0.25, 0.3) is 0 Å². The molecule has 2 saturated heterocycles. The smallest absolute Gasteiger partial charge is 0.341 e. The van der Waals surface area contributed by atoms with Gasteiger partial charge in [-0.1, -0.05) is 0 Å². The number of amides is 2. The van der Waals surface area contributed by atoms with Crippen LogP contribution in [0.15, 0.2) is 24.3 Å². The largest absolute Gasteiger partial charge is 0.416 e. The van der Waals surface area contributed by atoms with Crippen LogP contribution in [0.2, 0.25) is 0 Å². The number of piperidine rings is 1. The van der Waals surface area contributed by atoms with E-state index in [1.165, 1.54) is 12.1 Å². The third-order valence-electron chi connectivity index (χ3n) is 5.62. The Morgan fingerprint density at radius 2 is 1.54 bits per heavy atom. The van der Waals surface area contributed by atoms with Crippen molar-refractivity contribution in [2.24, 2.45) is 5.92 Å². The lowest BCUT2D eigenvalue weighted by atomic mass is 9.94. The number of carbonyl (C=O) groups excluding carboxylic acids is 2. The first kappa shape index (κ1) is 20.6. The molecular weight excluding hydrogens is 371 g/mol. The molecule has 5 nitrogen and oxygen atoms in total. The van der Waals surface area contributed by atoms with Crippen LogP contribution in [0.1, 0.15) is 35.2 Å². The molecule has 154 valence electrons. The van der Waals surface area contributed by atoms with Gasteiger partial charge < -0.3 is 14.7 Å². The molecular formula is C20H26F3N3O2. The molecule has 8 heteroatoms. The van der Waals surface area contributed by atoms with Crippen LogP contribution in [0.5, 0.6) is 0 Å². The maximum atomic E-state index is 12.8. The number of likely N-dealkylation sites (N-methyl/N-ethyl adjacent to an activating group) is 1. The zero-order chi connectivity index (χ0) is 20.3. The fourth-order valence-electron chi connectivity index (χ4n) is 3.84. The number of carbonyl (C=O) groups is 2. The summed E-state index contributed by atoms with van der Waals surface area (Å²) in [5.74, 6) is -0.201. The highest BCUT2D eigenvalue weighted by molar-refractivity contribution is 5.94. The minimum atomic E-state index is -4.41. The quantitative estimate of drug-likeness (QED) is 0.771. The first-order chi connectivity index (χ1) is 13.3. The predicted octanol–water partition coefficient (Wildman–Crippen LogP) is 2.72. The minimum Gasteiger partial charge on any atom is -0.341 e. The molecule has 2 fully saturated rings. The van der Waals surface area contributed by atoms with Gasteiger partial charge in [-0.2, -0.15) is 13.2 Å². The van der Waals surface area contributed by atoms with Crippen molar-refractivity contribution in [3.8, 4) is 0 Å². The molecule has 0 spiro atoms. The van der Waals surface area contributed by atoms with Crippen molar-refractivity contribution in [3.63, 3.8) is 0 Å². The van der Waals surface area contributed by atoms with Gasteiger partial charge in [-0.05, 0) is 57.1 Å². The van der Waals surface area contributed by atoms with E-state index >= 15 is 0 Å². The maximum Gasteiger partial charge on any atom is 0.416 e. The fourth-order valence-corrected chi connectivity index (χ4v) is 3.84. The molecule has 2 aliphatic rings. The molecule has 28 heavy (non-hydrogen) atoms. The summed E-state index contributed by atoms with van der Waals surface area (Å²) in [6.07, 6.45) is -2.26. The highest BCUT2D eigenvalue weighted by atomic mass is 19.4. The van der Waals surface area contributed by atoms with Gasteiger partial charge in [0, 0.05) is 44.2 Å². The average molecular weight is 397 g/mol. The van der Waals surface area contributed by atoms with Gasteiger partial charge in [0.25, 0.3) is 5.91 Å². The lowest BCUT2D eigenvalue weighted by Gasteiger charge is -2.34. The van der Waals surface area contributed by atoms with Crippen LogP contribution in [0, 0.1) is 5.92 Å². The number of halogens is 3. The monoisotopic (exact) mass is 397 g/mol. The van der Waals surface area contributed by atoms with Crippen LogP contribution in [0.4, 0.5) is 13.2 Å². The number of hydrogen-bond acceptors (Lipinski definition) is 3. The van der Waals surface area contributed by atoms with E-state index in [9.17, 15) is 22.8 Å². The Labute approximate surface area is 163 Å². The molecule has 0 aliphatic carbocycles. The summed E-state index contributed by atoms with van der Waals surface area (Å²) < 4.78 is 38.0. The standard InChI is InChI=1S/C20H26F3N3O2/c1-24-9-2-10-25(14-13-24)19(28)16-7-11-26(12-8-16)18(27)15-3-5-17(6-4-15)20(21,22)23/h3-6,16H,2,7-14H2,1H3. The van der Waals surface area contributed by atoms with Crippen LogP contribution in [-0.4, -0.2) is 72.8 Å². The summed E-state index contributed by atoms with van der Waals surface area (Å²) >= 11 is 0. The molecule has 0 bridgehead atoms. The first-order valence-corrected chi connectivity index (χ1v) is 9.69. The molecule has 0 radical (unpaired) electrons. The van der Waals surface area contributed by atoms with Crippen LogP contribution in [-0.2, 0) is 11.0 Å². The highest BCUT2D eigenvalue weighted by Crippen LogP contribution is 2.29. The van der Waals surface area contributed by atoms with Crippen molar-refractivity contribution < 1.29 is 22.8 Å². The van der Waals surface area contributed by atoms with Crippen molar-refractivity contribution in [1.82, 2.24) is 14.7 Å². The van der Waals surface area contributed by atoms with Crippen molar-refractivity contribution in [2.75, 3.05) is 46.3 Å². The van der Waals surface area contributed by atoms with Crippen LogP contribution in [0.3, 0.4) is 0 Å². The van der Waals surface area contributed by atoms with E-state index in [1.807, 2.05) is 4.90 Å². The highest BCUT2D eigenvalue weighted by Gasteiger charge is 2.32. The number of hydrogen-bond donors (Lipinski definition) is 0. The van der Waals surface area contributed by atoms with E-state index in [1.54, 1.807) is 4.90 Å². The van der Waals surface area contributed by atoms with E-state index in [2.05, 4.69) is 11.9 Å². The van der Waals surface area contributed by atoms with Crippen molar-refractivity contribution >= 4 is 11.8 Å². The van der Waals surface area contributed by atoms with E-state index in [-0.39, 0.29) is 23.3 Å². The van der Waals surface area contributed by atoms with Gasteiger partial charge >= 0.3 is 6.18 Å². The van der Waals surface area contributed by atoms with Gasteiger partial charge in [0.2, 0.25) is 5.91 Å². The Bertz CT molecular complexity index is 698. The summed E-state index contributed by atoms with van der Waals surface area (Å²) in [6, 6.07) is 4.30. The zero-order valence-electron chi connectivity index (χ0n) is 16.0. The lowest BCUT2D eigenvalue weighted by molar-refractivity contribution is -0.138. The SMILES string of the molecule is CN1CCCN(C(=O)C2CCN(C(=O)c3ccc(C(F)(F)F)cc3)CC2)CC1. The maximum absolute atomic E-state index is 12.8. The van der Waals surface area contributed by atoms with Crippen LogP contribution >= 0.6 is 0 Å². The first-order valence-electron chi connectivity index (χ1n) is 9.69. The molecule has 2 heterocycles. The molecule has 1 aromatic rings. The van der Waals surface area contributed by atoms with Gasteiger partial charge in [0.05, 0.1) is 5.56 Å². The topological polar surface area (TPSA) is 43.9 Å². The number of nitrogens with zero attached hydrogens (tertiary/aromatic N) is 3. The molecule has 2 aliphatic heterocycles. The normalized spacial score (nSPS) is 20.1. The fraction of sp³-hybridized carbons (Fsp3) is 0.600. The molecule has 0 N–H and O–H groups in total. The van der Waals surface area contributed by atoms with Gasteiger partial charge in [-0.15, -0.1) is 0 Å². The average Bonchev–Trinajstić information content (AvgIpc) is 2.91. The van der Waals surface area contributed by atoms with E-state index < -0.39 is 11.7 Å². The zero-order valence-corrected chi connectivity index (χ0v) is 16.0. The molecule has 3 rings (SSSR count). The van der Waals surface area contributed by atoms with Crippen molar-refractivity contribution in [2.45, 2.75) is 25.4 Å². The molecule has 0 saturated carbocycles. The molecule has 0 unspecified atom stereocenters. The number of likely N-dealkylation sites (tertiary alicyclic amines) is 1. The summed E-state index contributed by atoms with van der Waals surface area (Å²) in [6.45, 7) is 4.27. The van der Waals surface area contributed by atoms with E-state index in [0.29, 0.717) is 25.9 Å². The summed E-state index contributed by atoms with van der Waals surface area (Å²) in [5, 5.41) is 0. The van der Waals surface area contributed by atoms with E-state index in [0.717, 1.165) is 44.7 Å². The molecule has 0 aromatic heterocycles. The van der Waals surface area contributed by atoms with Crippen LogP contribution < -0.4 is 0 Å². The number of benzene rings is 1. The second-order valence-corrected chi connectivity index (χ2v) is 7.62. The Hall–Kier alpha value is -2.09. The van der Waals surface area contributed by atoms with Gasteiger partial charge in [0.15, 0.2) is 0 Å². The molecule has 0 atom stereocenters. The van der Waals surface area contributed by atoms with Gasteiger partial charge in [-0.3, -0.25) is 9.59 Å². The second kappa shape index (κ2) is 8.51. The van der Waals surface area contributed by atoms with Crippen molar-refractivity contribution in [1.29, 1.82) is 0 Å². The van der Waals surface area contributed by atoms with Gasteiger partial charge in [-0.25, -0.2) is 0 Å². The number of rotatable bonds is 2. The number of alkyl halides is 3. The van der Waals surface area contributed by atoms with E-state index in [4.69, 9.17) is 0 Å². The Morgan fingerprint density at radius 3 is 2.14 bits per heavy atom. The lowest BCUT2D eigenvalue weighted by Crippen LogP contribution is -2.45. The molecule has 1 aromatic carbocycles. The summed E-state index contributed by atoms with van der Waals surface area (Å²) in [5.41, 5.74) is -0.523. The van der Waals surface area contributed by atoms with Crippen molar-refractivity contribution in [3.05, 3.63) is 35.4 Å². The Kier molecular flexibility index (Phi) is 6.27. The minimum absolute atomic E-state index is 0.0833. The summed E-state index contributed by atoms with van der Waals surface area (Å²) in [4.78, 5) is 31.1. The third-order valence-corrected chi connectivity index (χ3v) is 5.62. The Morgan fingerprint density at radius 1 is 0.893 bits per heavy atom.